The van der Waals surface area contributed by atoms with Crippen molar-refractivity contribution in [3.8, 4) is 0 Å². The lowest BCUT2D eigenvalue weighted by molar-refractivity contribution is -0.130. The first-order chi connectivity index (χ1) is 20.9. The van der Waals surface area contributed by atoms with Gasteiger partial charge in [0.25, 0.3) is 0 Å². The fourth-order valence-electron chi connectivity index (χ4n) is 6.76. The second-order valence-corrected chi connectivity index (χ2v) is 13.0. The molecule has 0 aromatic heterocycles. The topological polar surface area (TPSA) is 85.3 Å². The Balaban J connectivity index is 0.00000216. The predicted octanol–water partition coefficient (Wildman–Crippen LogP) is 9.05. The smallest absolute Gasteiger partial charge is 0.170 e. The monoisotopic (exact) mass is 602 g/mol. The molecular formula is C39H54O5. The van der Waals surface area contributed by atoms with Gasteiger partial charge in [0, 0.05) is 29.9 Å². The number of ketones is 5. The average molecular weight is 603 g/mol. The molecule has 240 valence electrons. The molecule has 3 rings (SSSR count). The molecule has 2 aromatic rings. The molecule has 0 bridgehead atoms. The molecule has 44 heavy (non-hydrogen) atoms. The number of hydrogen-bond acceptors (Lipinski definition) is 5. The molecule has 5 heteroatoms. The normalized spacial score (nSPS) is 15.6. The molecule has 3 atom stereocenters. The highest BCUT2D eigenvalue weighted by molar-refractivity contribution is 6.08. The molecule has 0 radical (unpaired) electrons. The van der Waals surface area contributed by atoms with Crippen molar-refractivity contribution in [3.63, 3.8) is 0 Å². The standard InChI is InChI=1S/C36H46O5.C3H8/c1-7-12-27(30(8-2)34(40)15-23(5)37)16-25-17-32-31(22(3)4)20-28(24(6)36(32)35(41)18-25)19-29(38)21-33(39)26-13-10-9-11-14-26;1-3-2/h9-11,13-14,20,22,25,27,30H,7-8,12,15-19,21H2,1-6H3;3H2,1-2H3. The minimum Gasteiger partial charge on any atom is -0.300 e. The largest absolute Gasteiger partial charge is 0.300 e. The molecule has 0 saturated carbocycles. The van der Waals surface area contributed by atoms with Crippen LogP contribution in [0.1, 0.15) is 149 Å². The molecule has 1 aliphatic rings. The van der Waals surface area contributed by atoms with Crippen LogP contribution in [0.15, 0.2) is 36.4 Å². The maximum Gasteiger partial charge on any atom is 0.170 e. The van der Waals surface area contributed by atoms with Crippen molar-refractivity contribution in [2.75, 3.05) is 0 Å². The third-order valence-corrected chi connectivity index (χ3v) is 8.69. The molecule has 5 nitrogen and oxygen atoms in total. The summed E-state index contributed by atoms with van der Waals surface area (Å²) < 4.78 is 0. The quantitative estimate of drug-likeness (QED) is 0.150. The third-order valence-electron chi connectivity index (χ3n) is 8.69. The maximum atomic E-state index is 13.7. The van der Waals surface area contributed by atoms with Crippen LogP contribution in [0.2, 0.25) is 0 Å². The molecule has 0 amide bonds. The number of fused-ring (bicyclic) bond motifs is 1. The van der Waals surface area contributed by atoms with E-state index in [2.05, 4.69) is 40.7 Å². The summed E-state index contributed by atoms with van der Waals surface area (Å²) in [7, 11) is 0. The van der Waals surface area contributed by atoms with Crippen molar-refractivity contribution in [1.82, 2.24) is 0 Å². The zero-order valence-electron chi connectivity index (χ0n) is 28.4. The summed E-state index contributed by atoms with van der Waals surface area (Å²) in [5, 5.41) is 0. The van der Waals surface area contributed by atoms with Gasteiger partial charge in [0.2, 0.25) is 0 Å². The fraction of sp³-hybridized carbons (Fsp3) is 0.564. The lowest BCUT2D eigenvalue weighted by Gasteiger charge is -2.33. The van der Waals surface area contributed by atoms with Gasteiger partial charge in [-0.3, -0.25) is 24.0 Å². The van der Waals surface area contributed by atoms with Crippen LogP contribution in [0.3, 0.4) is 0 Å². The summed E-state index contributed by atoms with van der Waals surface area (Å²) in [6.07, 6.45) is 5.75. The van der Waals surface area contributed by atoms with Gasteiger partial charge < -0.3 is 0 Å². The molecule has 0 heterocycles. The van der Waals surface area contributed by atoms with Gasteiger partial charge in [-0.05, 0) is 73.1 Å². The summed E-state index contributed by atoms with van der Waals surface area (Å²) in [5.41, 5.74) is 5.12. The first-order valence-electron chi connectivity index (χ1n) is 16.7. The Hall–Kier alpha value is -3.21. The summed E-state index contributed by atoms with van der Waals surface area (Å²) in [6.45, 7) is 16.0. The second kappa shape index (κ2) is 17.9. The molecule has 3 unspecified atom stereocenters. The van der Waals surface area contributed by atoms with E-state index in [4.69, 9.17) is 0 Å². The van der Waals surface area contributed by atoms with Crippen LogP contribution in [-0.4, -0.2) is 28.9 Å². The van der Waals surface area contributed by atoms with E-state index in [1.807, 2.05) is 19.9 Å². The van der Waals surface area contributed by atoms with Crippen molar-refractivity contribution in [3.05, 3.63) is 69.8 Å². The second-order valence-electron chi connectivity index (χ2n) is 13.0. The summed E-state index contributed by atoms with van der Waals surface area (Å²) in [6, 6.07) is 10.9. The Bertz CT molecular complexity index is 1300. The molecule has 0 spiro atoms. The molecule has 0 aliphatic heterocycles. The highest BCUT2D eigenvalue weighted by atomic mass is 16.2. The first-order valence-corrected chi connectivity index (χ1v) is 16.7. The van der Waals surface area contributed by atoms with Crippen LogP contribution < -0.4 is 0 Å². The van der Waals surface area contributed by atoms with E-state index >= 15 is 0 Å². The van der Waals surface area contributed by atoms with E-state index in [0.717, 1.165) is 53.5 Å². The van der Waals surface area contributed by atoms with Gasteiger partial charge in [-0.1, -0.05) is 97.2 Å². The van der Waals surface area contributed by atoms with Crippen molar-refractivity contribution in [2.45, 2.75) is 126 Å². The van der Waals surface area contributed by atoms with Gasteiger partial charge in [0.15, 0.2) is 11.6 Å². The van der Waals surface area contributed by atoms with Crippen LogP contribution >= 0.6 is 0 Å². The van der Waals surface area contributed by atoms with Gasteiger partial charge >= 0.3 is 0 Å². The average Bonchev–Trinajstić information content (AvgIpc) is 2.95. The van der Waals surface area contributed by atoms with Gasteiger partial charge in [-0.15, -0.1) is 0 Å². The molecule has 0 N–H and O–H groups in total. The Morgan fingerprint density at radius 3 is 2.11 bits per heavy atom. The Morgan fingerprint density at radius 1 is 0.932 bits per heavy atom. The molecule has 2 aromatic carbocycles. The highest BCUT2D eigenvalue weighted by Crippen LogP contribution is 2.40. The van der Waals surface area contributed by atoms with Gasteiger partial charge in [-0.25, -0.2) is 0 Å². The highest BCUT2D eigenvalue weighted by Gasteiger charge is 2.35. The number of hydrogen-bond donors (Lipinski definition) is 0. The zero-order valence-corrected chi connectivity index (χ0v) is 28.4. The van der Waals surface area contributed by atoms with Gasteiger partial charge in [0.05, 0.1) is 12.8 Å². The maximum absolute atomic E-state index is 13.7. The SMILES string of the molecule is CCC.CCCC(CC1CC(=O)c2c(C)c(CC(=O)CC(=O)c3ccccc3)cc(C(C)C)c2C1)C(CC)C(=O)CC(C)=O. The Morgan fingerprint density at radius 2 is 1.57 bits per heavy atom. The summed E-state index contributed by atoms with van der Waals surface area (Å²) in [5.74, 6) is -0.0116. The number of rotatable bonds is 15. The van der Waals surface area contributed by atoms with Crippen LogP contribution in [0.5, 0.6) is 0 Å². The van der Waals surface area contributed by atoms with Crippen LogP contribution in [-0.2, 0) is 27.2 Å². The Labute approximate surface area is 265 Å². The van der Waals surface area contributed by atoms with Crippen molar-refractivity contribution in [2.24, 2.45) is 17.8 Å². The predicted molar refractivity (Wildman–Crippen MR) is 179 cm³/mol. The van der Waals surface area contributed by atoms with Crippen molar-refractivity contribution in [1.29, 1.82) is 0 Å². The molecule has 0 saturated heterocycles. The molecule has 1 aliphatic carbocycles. The number of carbonyl (C=O) groups excluding carboxylic acids is 5. The van der Waals surface area contributed by atoms with Crippen LogP contribution in [0.4, 0.5) is 0 Å². The zero-order chi connectivity index (χ0) is 33.0. The van der Waals surface area contributed by atoms with E-state index in [0.29, 0.717) is 18.4 Å². The van der Waals surface area contributed by atoms with Crippen LogP contribution in [0, 0.1) is 24.7 Å². The minimum atomic E-state index is -0.192. The molecular weight excluding hydrogens is 548 g/mol. The summed E-state index contributed by atoms with van der Waals surface area (Å²) in [4.78, 5) is 63.9. The van der Waals surface area contributed by atoms with E-state index in [1.165, 1.54) is 13.3 Å². The van der Waals surface area contributed by atoms with Crippen molar-refractivity contribution >= 4 is 28.9 Å². The number of Topliss-reactive ketones (excluding diaryl/α,β-unsaturated/α-hetero) is 5. The van der Waals surface area contributed by atoms with E-state index < -0.39 is 0 Å². The number of carbonyl (C=O) groups is 5. The summed E-state index contributed by atoms with van der Waals surface area (Å²) >= 11 is 0. The van der Waals surface area contributed by atoms with Crippen molar-refractivity contribution < 1.29 is 24.0 Å². The minimum absolute atomic E-state index is 0.0136. The fourth-order valence-corrected chi connectivity index (χ4v) is 6.76. The lowest BCUT2D eigenvalue weighted by atomic mass is 9.70. The first kappa shape index (κ1) is 37.0. The Kier molecular flexibility index (Phi) is 15.1. The lowest BCUT2D eigenvalue weighted by Crippen LogP contribution is -2.30. The number of benzene rings is 2. The van der Waals surface area contributed by atoms with Gasteiger partial charge in [-0.2, -0.15) is 0 Å². The third kappa shape index (κ3) is 10.2. The van der Waals surface area contributed by atoms with E-state index in [9.17, 15) is 24.0 Å². The molecule has 0 fully saturated rings. The van der Waals surface area contributed by atoms with E-state index in [-0.39, 0.29) is 71.9 Å². The van der Waals surface area contributed by atoms with Crippen LogP contribution in [0.25, 0.3) is 0 Å². The van der Waals surface area contributed by atoms with Gasteiger partial charge in [0.1, 0.15) is 17.3 Å². The van der Waals surface area contributed by atoms with E-state index in [1.54, 1.807) is 24.3 Å².